The molecule has 6 aromatic rings. The molecule has 2 atom stereocenters. The molecular weight excluding hydrogens is 687 g/mol. The van der Waals surface area contributed by atoms with Crippen molar-refractivity contribution >= 4 is 57.1 Å². The second-order valence-electron chi connectivity index (χ2n) is 15.6. The lowest BCUT2D eigenvalue weighted by Crippen LogP contribution is -2.26. The van der Waals surface area contributed by atoms with Gasteiger partial charge in [-0.15, -0.1) is 11.3 Å². The van der Waals surface area contributed by atoms with Crippen molar-refractivity contribution in [3.8, 4) is 21.6 Å². The number of carboxylic acids is 1. The van der Waals surface area contributed by atoms with E-state index in [0.717, 1.165) is 10.4 Å². The SMILES string of the molecule is Cc1cc(-c2cc3c(c4ccccc24)N(c2ccc4c(c2)-c2ccccc2C4(C)C)C2CCCC32)sc1/C=C/C=C1\C(=O)c2ccc(C(=O)O)cc2C1=O. The summed E-state index contributed by atoms with van der Waals surface area (Å²) in [5.74, 6) is -1.49. The fourth-order valence-corrected chi connectivity index (χ4v) is 10.8. The Morgan fingerprint density at radius 2 is 1.56 bits per heavy atom. The number of hydrogen-bond acceptors (Lipinski definition) is 5. The predicted molar refractivity (Wildman–Crippen MR) is 218 cm³/mol. The molecule has 0 spiro atoms. The molecule has 5 aromatic carbocycles. The van der Waals surface area contributed by atoms with Crippen LogP contribution in [0.15, 0.2) is 115 Å². The van der Waals surface area contributed by atoms with Gasteiger partial charge in [-0.2, -0.15) is 0 Å². The van der Waals surface area contributed by atoms with E-state index in [0.29, 0.717) is 12.0 Å². The molecule has 1 N–H and O–H groups in total. The zero-order valence-corrected chi connectivity index (χ0v) is 31.1. The molecular formula is C48H37NO4S. The first kappa shape index (κ1) is 32.8. The summed E-state index contributed by atoms with van der Waals surface area (Å²) in [5.41, 5.74) is 12.3. The lowest BCUT2D eigenvalue weighted by atomic mass is 9.82. The summed E-state index contributed by atoms with van der Waals surface area (Å²) in [6.07, 6.45) is 8.84. The Morgan fingerprint density at radius 3 is 2.39 bits per heavy atom. The van der Waals surface area contributed by atoms with E-state index in [9.17, 15) is 19.5 Å². The number of carboxylic acid groups (broad SMARTS) is 1. The number of fused-ring (bicyclic) bond motifs is 9. The molecule has 2 unspecified atom stereocenters. The molecule has 6 heteroatoms. The van der Waals surface area contributed by atoms with Gasteiger partial charge in [0.05, 0.1) is 16.8 Å². The van der Waals surface area contributed by atoms with Gasteiger partial charge in [0.1, 0.15) is 0 Å². The monoisotopic (exact) mass is 723 g/mol. The summed E-state index contributed by atoms with van der Waals surface area (Å²) in [6.45, 7) is 6.77. The smallest absolute Gasteiger partial charge is 0.335 e. The first-order valence-corrected chi connectivity index (χ1v) is 19.5. The number of rotatable bonds is 5. The van der Waals surface area contributed by atoms with Crippen LogP contribution >= 0.6 is 11.3 Å². The van der Waals surface area contributed by atoms with Gasteiger partial charge in [-0.3, -0.25) is 9.59 Å². The lowest BCUT2D eigenvalue weighted by Gasteiger charge is -2.29. The standard InChI is InChI=1S/C48H37NO4S/c1-26-22-43(54-42(26)17-9-14-34-45(50)33-20-18-27(47(52)53)23-38(33)46(34)51)36-25-37-31-13-8-16-41(31)49(44(37)32-12-5-4-10-29(32)36)28-19-21-40-35(24-28)30-11-6-7-15-39(30)48(40,2)3/h4-7,9-12,14-15,17-25,31,41H,8,13,16H2,1-3H3,(H,52,53)/b17-9+,34-14+. The molecule has 54 heavy (non-hydrogen) atoms. The fourth-order valence-electron chi connectivity index (χ4n) is 9.73. The predicted octanol–water partition coefficient (Wildman–Crippen LogP) is 11.7. The van der Waals surface area contributed by atoms with Gasteiger partial charge < -0.3 is 10.0 Å². The van der Waals surface area contributed by atoms with E-state index >= 15 is 0 Å². The van der Waals surface area contributed by atoms with Crippen molar-refractivity contribution in [3.05, 3.63) is 159 Å². The van der Waals surface area contributed by atoms with Gasteiger partial charge >= 0.3 is 5.97 Å². The number of anilines is 2. The van der Waals surface area contributed by atoms with Crippen LogP contribution in [0.4, 0.5) is 11.4 Å². The van der Waals surface area contributed by atoms with Crippen LogP contribution in [-0.4, -0.2) is 28.7 Å². The van der Waals surface area contributed by atoms with Crippen LogP contribution in [0.1, 0.15) is 97.2 Å². The Bertz CT molecular complexity index is 2730. The largest absolute Gasteiger partial charge is 0.478 e. The van der Waals surface area contributed by atoms with E-state index in [1.807, 2.05) is 6.08 Å². The zero-order valence-electron chi connectivity index (χ0n) is 30.3. The van der Waals surface area contributed by atoms with Crippen LogP contribution < -0.4 is 4.90 Å². The highest BCUT2D eigenvalue weighted by molar-refractivity contribution is 7.16. The number of allylic oxidation sites excluding steroid dienone is 3. The van der Waals surface area contributed by atoms with Crippen molar-refractivity contribution in [3.63, 3.8) is 0 Å². The number of carbonyl (C=O) groups excluding carboxylic acids is 2. The minimum Gasteiger partial charge on any atom is -0.478 e. The van der Waals surface area contributed by atoms with E-state index in [4.69, 9.17) is 0 Å². The topological polar surface area (TPSA) is 74.7 Å². The summed E-state index contributed by atoms with van der Waals surface area (Å²) in [7, 11) is 0. The van der Waals surface area contributed by atoms with E-state index in [1.165, 1.54) is 97.9 Å². The summed E-state index contributed by atoms with van der Waals surface area (Å²) in [5, 5.41) is 11.9. The Balaban J connectivity index is 1.03. The van der Waals surface area contributed by atoms with Crippen molar-refractivity contribution in [2.75, 3.05) is 4.90 Å². The van der Waals surface area contributed by atoms with Crippen LogP contribution in [0.3, 0.4) is 0 Å². The number of thiophene rings is 1. The number of aryl methyl sites for hydroxylation is 1. The van der Waals surface area contributed by atoms with Gasteiger partial charge in [0, 0.05) is 49.3 Å². The summed E-state index contributed by atoms with van der Waals surface area (Å²) in [6, 6.07) is 34.1. The quantitative estimate of drug-likeness (QED) is 0.142. The molecule has 2 heterocycles. The minimum atomic E-state index is -1.13. The Kier molecular flexibility index (Phi) is 7.18. The minimum absolute atomic E-state index is 0.0119. The van der Waals surface area contributed by atoms with Gasteiger partial charge in [0.15, 0.2) is 11.6 Å². The van der Waals surface area contributed by atoms with Gasteiger partial charge in [0.2, 0.25) is 0 Å². The Labute approximate surface area is 317 Å². The van der Waals surface area contributed by atoms with E-state index in [2.05, 4.69) is 105 Å². The van der Waals surface area contributed by atoms with Crippen molar-refractivity contribution in [1.82, 2.24) is 0 Å². The second kappa shape index (κ2) is 11.8. The van der Waals surface area contributed by atoms with E-state index < -0.39 is 11.8 Å². The van der Waals surface area contributed by atoms with E-state index in [1.54, 1.807) is 23.5 Å². The number of hydrogen-bond donors (Lipinski definition) is 1. The first-order chi connectivity index (χ1) is 26.1. The molecule has 264 valence electrons. The Hall–Kier alpha value is -5.85. The summed E-state index contributed by atoms with van der Waals surface area (Å²) in [4.78, 5) is 42.5. The van der Waals surface area contributed by atoms with Crippen LogP contribution in [0, 0.1) is 6.92 Å². The van der Waals surface area contributed by atoms with Gasteiger partial charge in [-0.25, -0.2) is 4.79 Å². The number of benzene rings is 5. The third kappa shape index (κ3) is 4.66. The molecule has 0 saturated heterocycles. The number of carbonyl (C=O) groups is 3. The third-order valence-electron chi connectivity index (χ3n) is 12.3. The molecule has 0 bridgehead atoms. The average Bonchev–Trinajstić information content (AvgIpc) is 3.97. The maximum atomic E-state index is 13.1. The van der Waals surface area contributed by atoms with Crippen LogP contribution in [0.5, 0.6) is 0 Å². The lowest BCUT2D eigenvalue weighted by molar-refractivity contribution is 0.0696. The van der Waals surface area contributed by atoms with Crippen molar-refractivity contribution < 1.29 is 19.5 Å². The zero-order chi connectivity index (χ0) is 37.0. The molecule has 3 aliphatic carbocycles. The number of Topliss-reactive ketones (excluding diaryl/α,β-unsaturated/α-hetero) is 2. The van der Waals surface area contributed by atoms with Crippen molar-refractivity contribution in [2.24, 2.45) is 0 Å². The molecule has 10 rings (SSSR count). The summed E-state index contributed by atoms with van der Waals surface area (Å²) >= 11 is 1.71. The third-order valence-corrected chi connectivity index (χ3v) is 13.6. The normalized spacial score (nSPS) is 19.8. The average molecular weight is 724 g/mol. The fraction of sp³-hybridized carbons (Fsp3) is 0.188. The highest BCUT2D eigenvalue weighted by Crippen LogP contribution is 2.58. The van der Waals surface area contributed by atoms with Gasteiger partial charge in [-0.05, 0) is 119 Å². The number of aromatic carboxylic acids is 1. The summed E-state index contributed by atoms with van der Waals surface area (Å²) < 4.78 is 0. The molecule has 0 amide bonds. The first-order valence-electron chi connectivity index (χ1n) is 18.7. The van der Waals surface area contributed by atoms with Crippen LogP contribution in [0.2, 0.25) is 0 Å². The molecule has 4 aliphatic rings. The second-order valence-corrected chi connectivity index (χ2v) is 16.7. The van der Waals surface area contributed by atoms with Crippen LogP contribution in [-0.2, 0) is 5.41 Å². The highest BCUT2D eigenvalue weighted by Gasteiger charge is 2.44. The molecule has 1 aromatic heterocycles. The van der Waals surface area contributed by atoms with Crippen LogP contribution in [0.25, 0.3) is 38.4 Å². The van der Waals surface area contributed by atoms with E-state index in [-0.39, 0.29) is 33.5 Å². The van der Waals surface area contributed by atoms with Crippen molar-refractivity contribution in [1.29, 1.82) is 0 Å². The molecule has 0 radical (unpaired) electrons. The molecule has 1 aliphatic heterocycles. The van der Waals surface area contributed by atoms with Gasteiger partial charge in [-0.1, -0.05) is 80.9 Å². The maximum Gasteiger partial charge on any atom is 0.335 e. The maximum absolute atomic E-state index is 13.1. The highest BCUT2D eigenvalue weighted by atomic mass is 32.1. The van der Waals surface area contributed by atoms with Gasteiger partial charge in [0.25, 0.3) is 0 Å². The number of ketones is 2. The molecule has 5 nitrogen and oxygen atoms in total. The molecule has 1 saturated carbocycles. The number of nitrogens with zero attached hydrogens (tertiary/aromatic N) is 1. The Morgan fingerprint density at radius 1 is 0.796 bits per heavy atom. The van der Waals surface area contributed by atoms with Crippen molar-refractivity contribution in [2.45, 2.75) is 57.4 Å². The molecule has 1 fully saturated rings.